The second-order valence-corrected chi connectivity index (χ2v) is 6.05. The van der Waals surface area contributed by atoms with Gasteiger partial charge >= 0.3 is 0 Å². The average molecular weight is 297 g/mol. The molecular formula is C22H19N. The Balaban J connectivity index is 1.89. The van der Waals surface area contributed by atoms with E-state index in [1.807, 2.05) is 0 Å². The normalized spacial score (nSPS) is 11.0. The minimum atomic E-state index is 0.939. The van der Waals surface area contributed by atoms with E-state index in [4.69, 9.17) is 0 Å². The molecule has 0 fully saturated rings. The molecule has 1 aromatic heterocycles. The molecule has 3 aromatic carbocycles. The second-order valence-electron chi connectivity index (χ2n) is 6.05. The number of rotatable bonds is 3. The number of nitrogens with one attached hydrogen (secondary N) is 1. The summed E-state index contributed by atoms with van der Waals surface area (Å²) in [5.74, 6) is 0. The molecule has 0 aliphatic carbocycles. The van der Waals surface area contributed by atoms with Crippen LogP contribution < -0.4 is 0 Å². The van der Waals surface area contributed by atoms with Crippen LogP contribution in [0.3, 0.4) is 0 Å². The number of aromatic amines is 1. The molecule has 0 bridgehead atoms. The monoisotopic (exact) mass is 297 g/mol. The van der Waals surface area contributed by atoms with Crippen LogP contribution in [0.1, 0.15) is 16.7 Å². The highest BCUT2D eigenvalue weighted by Crippen LogP contribution is 2.32. The molecule has 1 N–H and O–H groups in total. The van der Waals surface area contributed by atoms with E-state index in [0.29, 0.717) is 0 Å². The molecule has 4 rings (SSSR count). The number of para-hydroxylation sites is 1. The summed E-state index contributed by atoms with van der Waals surface area (Å²) >= 11 is 0. The first kappa shape index (κ1) is 13.8. The van der Waals surface area contributed by atoms with Gasteiger partial charge in [0, 0.05) is 17.3 Å². The lowest BCUT2D eigenvalue weighted by molar-refractivity contribution is 1.21. The van der Waals surface area contributed by atoms with Gasteiger partial charge in [0.25, 0.3) is 0 Å². The highest BCUT2D eigenvalue weighted by atomic mass is 14.7. The number of hydrogen-bond donors (Lipinski definition) is 1. The largest absolute Gasteiger partial charge is 0.354 e. The first-order valence-corrected chi connectivity index (χ1v) is 8.02. The van der Waals surface area contributed by atoms with E-state index in [1.165, 1.54) is 38.9 Å². The van der Waals surface area contributed by atoms with Crippen LogP contribution in [0.25, 0.3) is 22.2 Å². The minimum absolute atomic E-state index is 0.939. The maximum Gasteiger partial charge on any atom is 0.0500 e. The Kier molecular flexibility index (Phi) is 3.47. The van der Waals surface area contributed by atoms with Crippen molar-refractivity contribution >= 4 is 10.9 Å². The van der Waals surface area contributed by atoms with E-state index in [9.17, 15) is 0 Å². The predicted molar refractivity (Wildman–Crippen MR) is 97.7 cm³/mol. The van der Waals surface area contributed by atoms with E-state index in [0.717, 1.165) is 6.42 Å². The molecule has 4 aromatic rings. The maximum atomic E-state index is 3.62. The summed E-state index contributed by atoms with van der Waals surface area (Å²) in [5, 5.41) is 1.31. The number of H-pyrrole nitrogens is 1. The molecule has 0 aliphatic heterocycles. The van der Waals surface area contributed by atoms with Crippen molar-refractivity contribution in [2.75, 3.05) is 0 Å². The van der Waals surface area contributed by atoms with Gasteiger partial charge in [0.2, 0.25) is 0 Å². The van der Waals surface area contributed by atoms with Crippen LogP contribution in [0, 0.1) is 6.92 Å². The van der Waals surface area contributed by atoms with Crippen molar-refractivity contribution in [2.45, 2.75) is 13.3 Å². The number of benzene rings is 3. The standard InChI is InChI=1S/C22H19N/c1-16-11-13-18(14-12-16)22-20(15-17-7-3-2-4-8-17)19-9-5-6-10-21(19)23-22/h2-14,23H,15H2,1H3. The summed E-state index contributed by atoms with van der Waals surface area (Å²) in [4.78, 5) is 3.62. The lowest BCUT2D eigenvalue weighted by atomic mass is 9.98. The molecule has 0 radical (unpaired) electrons. The third-order valence-electron chi connectivity index (χ3n) is 4.38. The topological polar surface area (TPSA) is 15.8 Å². The van der Waals surface area contributed by atoms with Gasteiger partial charge in [0.1, 0.15) is 0 Å². The summed E-state index contributed by atoms with van der Waals surface area (Å²) in [7, 11) is 0. The zero-order chi connectivity index (χ0) is 15.6. The van der Waals surface area contributed by atoms with Gasteiger partial charge in [-0.1, -0.05) is 78.4 Å². The number of aromatic nitrogens is 1. The SMILES string of the molecule is Cc1ccc(-c2[nH]c3ccccc3c2Cc2ccccc2)cc1. The van der Waals surface area contributed by atoms with Crippen LogP contribution in [0.2, 0.25) is 0 Å². The van der Waals surface area contributed by atoms with Gasteiger partial charge in [0.15, 0.2) is 0 Å². The van der Waals surface area contributed by atoms with Gasteiger partial charge in [-0.05, 0) is 29.7 Å². The van der Waals surface area contributed by atoms with Crippen LogP contribution in [0.15, 0.2) is 78.9 Å². The van der Waals surface area contributed by atoms with Crippen LogP contribution >= 0.6 is 0 Å². The molecular weight excluding hydrogens is 278 g/mol. The first-order chi connectivity index (χ1) is 11.3. The molecule has 0 spiro atoms. The highest BCUT2D eigenvalue weighted by molar-refractivity contribution is 5.91. The van der Waals surface area contributed by atoms with Crippen molar-refractivity contribution in [3.05, 3.63) is 95.6 Å². The van der Waals surface area contributed by atoms with Crippen molar-refractivity contribution in [1.82, 2.24) is 4.98 Å². The quantitative estimate of drug-likeness (QED) is 0.496. The molecule has 0 saturated carbocycles. The predicted octanol–water partition coefficient (Wildman–Crippen LogP) is 5.73. The number of fused-ring (bicyclic) bond motifs is 1. The van der Waals surface area contributed by atoms with Gasteiger partial charge in [-0.25, -0.2) is 0 Å². The fourth-order valence-electron chi connectivity index (χ4n) is 3.15. The molecule has 0 unspecified atom stereocenters. The molecule has 1 heterocycles. The molecule has 23 heavy (non-hydrogen) atoms. The fraction of sp³-hybridized carbons (Fsp3) is 0.0909. The molecule has 0 saturated heterocycles. The molecule has 0 aliphatic rings. The van der Waals surface area contributed by atoms with E-state index in [1.54, 1.807) is 0 Å². The van der Waals surface area contributed by atoms with Gasteiger partial charge in [0.05, 0.1) is 5.69 Å². The lowest BCUT2D eigenvalue weighted by Gasteiger charge is -2.06. The fourth-order valence-corrected chi connectivity index (χ4v) is 3.15. The summed E-state index contributed by atoms with van der Waals surface area (Å²) < 4.78 is 0. The third-order valence-corrected chi connectivity index (χ3v) is 4.38. The van der Waals surface area contributed by atoms with E-state index in [-0.39, 0.29) is 0 Å². The van der Waals surface area contributed by atoms with Gasteiger partial charge < -0.3 is 4.98 Å². The Labute approximate surface area is 136 Å². The van der Waals surface area contributed by atoms with Crippen LogP contribution in [0.5, 0.6) is 0 Å². The van der Waals surface area contributed by atoms with Crippen molar-refractivity contribution in [2.24, 2.45) is 0 Å². The van der Waals surface area contributed by atoms with Gasteiger partial charge in [-0.3, -0.25) is 0 Å². The van der Waals surface area contributed by atoms with Crippen molar-refractivity contribution in [3.63, 3.8) is 0 Å². The lowest BCUT2D eigenvalue weighted by Crippen LogP contribution is -1.90. The van der Waals surface area contributed by atoms with Gasteiger partial charge in [-0.15, -0.1) is 0 Å². The minimum Gasteiger partial charge on any atom is -0.354 e. The zero-order valence-electron chi connectivity index (χ0n) is 13.2. The second kappa shape index (κ2) is 5.77. The summed E-state index contributed by atoms with van der Waals surface area (Å²) in [5.41, 5.74) is 7.68. The smallest absolute Gasteiger partial charge is 0.0500 e. The highest BCUT2D eigenvalue weighted by Gasteiger charge is 2.13. The summed E-state index contributed by atoms with van der Waals surface area (Å²) in [6.07, 6.45) is 0.939. The summed E-state index contributed by atoms with van der Waals surface area (Å²) in [6.45, 7) is 2.12. The van der Waals surface area contributed by atoms with Crippen molar-refractivity contribution in [1.29, 1.82) is 0 Å². The van der Waals surface area contributed by atoms with Crippen LogP contribution in [-0.2, 0) is 6.42 Å². The van der Waals surface area contributed by atoms with E-state index >= 15 is 0 Å². The first-order valence-electron chi connectivity index (χ1n) is 8.02. The Morgan fingerprint density at radius 3 is 2.22 bits per heavy atom. The van der Waals surface area contributed by atoms with Crippen LogP contribution in [-0.4, -0.2) is 4.98 Å². The van der Waals surface area contributed by atoms with Crippen molar-refractivity contribution in [3.8, 4) is 11.3 Å². The molecule has 112 valence electrons. The number of aryl methyl sites for hydroxylation is 1. The Morgan fingerprint density at radius 2 is 1.43 bits per heavy atom. The van der Waals surface area contributed by atoms with Gasteiger partial charge in [-0.2, -0.15) is 0 Å². The average Bonchev–Trinajstić information content (AvgIpc) is 2.95. The van der Waals surface area contributed by atoms with E-state index in [2.05, 4.69) is 90.8 Å². The molecule has 0 amide bonds. The van der Waals surface area contributed by atoms with E-state index < -0.39 is 0 Å². The van der Waals surface area contributed by atoms with Crippen molar-refractivity contribution < 1.29 is 0 Å². The number of hydrogen-bond acceptors (Lipinski definition) is 0. The van der Waals surface area contributed by atoms with Crippen LogP contribution in [0.4, 0.5) is 0 Å². The Bertz CT molecular complexity index is 931. The Hall–Kier alpha value is -2.80. The third kappa shape index (κ3) is 2.66. The maximum absolute atomic E-state index is 3.62. The zero-order valence-corrected chi connectivity index (χ0v) is 13.2. The molecule has 0 atom stereocenters. The Morgan fingerprint density at radius 1 is 0.739 bits per heavy atom. The molecule has 1 heteroatoms. The molecule has 1 nitrogen and oxygen atoms in total. The summed E-state index contributed by atoms with van der Waals surface area (Å²) in [6, 6.07) is 28.0.